The van der Waals surface area contributed by atoms with Crippen molar-refractivity contribution in [1.29, 1.82) is 0 Å². The van der Waals surface area contributed by atoms with Crippen LogP contribution in [0.2, 0.25) is 0 Å². The number of hydrogen-bond donors (Lipinski definition) is 4. The number of benzene rings is 1. The van der Waals surface area contributed by atoms with Crippen LogP contribution in [0.5, 0.6) is 11.6 Å². The average Bonchev–Trinajstić information content (AvgIpc) is 3.98. The Morgan fingerprint density at radius 1 is 1.12 bits per heavy atom. The monoisotopic (exact) mass is 698 g/mol. The molecule has 2 aliphatic carbocycles. The van der Waals surface area contributed by atoms with Crippen LogP contribution < -0.4 is 24.8 Å². The maximum atomic E-state index is 14.3. The van der Waals surface area contributed by atoms with Gasteiger partial charge in [-0.2, -0.15) is 0 Å². The Bertz CT molecular complexity index is 1780. The van der Waals surface area contributed by atoms with E-state index in [-0.39, 0.29) is 31.2 Å². The summed E-state index contributed by atoms with van der Waals surface area (Å²) in [7, 11) is -2.36. The van der Waals surface area contributed by atoms with E-state index in [1.807, 2.05) is 19.1 Å². The van der Waals surface area contributed by atoms with Crippen LogP contribution in [-0.2, 0) is 24.4 Å². The predicted octanol–water partition coefficient (Wildman–Crippen LogP) is 2.12. The lowest BCUT2D eigenvalue weighted by Gasteiger charge is -2.32. The molecule has 0 spiro atoms. The van der Waals surface area contributed by atoms with E-state index in [1.165, 1.54) is 18.3 Å². The number of fused-ring (bicyclic) bond motifs is 3. The minimum Gasteiger partial charge on any atom is -0.497 e. The molecule has 7 atom stereocenters. The number of ether oxygens (including phenoxy) is 2. The van der Waals surface area contributed by atoms with Crippen molar-refractivity contribution in [3.05, 3.63) is 36.7 Å². The molecule has 0 unspecified atom stereocenters. The van der Waals surface area contributed by atoms with Gasteiger partial charge in [-0.15, -0.1) is 0 Å². The third kappa shape index (κ3) is 7.28. The SMILES string of the molecule is COc1ccc2c(O[C@@H]3C[C@H]4C(=O)N[C@]5(C(=O)NS(=O)(=O)C6CC6)C[C@H]5C=CCC[C@@H](C)C[C@@H](C)[C@H](NC(=O)O)C(=O)N4C3)ncnc2c1. The third-order valence-electron chi connectivity index (χ3n) is 9.98. The molecule has 6 rings (SSSR count). The van der Waals surface area contributed by atoms with Crippen LogP contribution in [0.4, 0.5) is 4.79 Å². The van der Waals surface area contributed by atoms with E-state index in [0.29, 0.717) is 42.3 Å². The molecule has 2 aromatic rings. The van der Waals surface area contributed by atoms with Gasteiger partial charge in [0, 0.05) is 18.4 Å². The first-order valence-electron chi connectivity index (χ1n) is 16.6. The van der Waals surface area contributed by atoms with Crippen molar-refractivity contribution in [2.45, 2.75) is 87.8 Å². The number of nitrogens with one attached hydrogen (secondary N) is 3. The molecular formula is C33H42N6O9S. The van der Waals surface area contributed by atoms with E-state index in [1.54, 1.807) is 25.1 Å². The first-order valence-corrected chi connectivity index (χ1v) is 18.2. The number of allylic oxidation sites excluding steroid dienone is 1. The topological polar surface area (TPSA) is 206 Å². The predicted molar refractivity (Wildman–Crippen MR) is 176 cm³/mol. The highest BCUT2D eigenvalue weighted by atomic mass is 32.2. The van der Waals surface area contributed by atoms with Crippen molar-refractivity contribution in [1.82, 2.24) is 30.2 Å². The molecule has 1 aromatic carbocycles. The maximum Gasteiger partial charge on any atom is 0.405 e. The summed E-state index contributed by atoms with van der Waals surface area (Å²) in [6.45, 7) is 3.76. The van der Waals surface area contributed by atoms with Gasteiger partial charge in [0.25, 0.3) is 5.91 Å². The number of amides is 4. The van der Waals surface area contributed by atoms with E-state index < -0.39 is 74.7 Å². The molecule has 16 heteroatoms. The van der Waals surface area contributed by atoms with Crippen molar-refractivity contribution in [3.8, 4) is 11.6 Å². The quantitative estimate of drug-likeness (QED) is 0.308. The number of methoxy groups -OCH3 is 1. The number of hydrogen-bond acceptors (Lipinski definition) is 10. The number of nitrogens with zero attached hydrogens (tertiary/aromatic N) is 3. The smallest absolute Gasteiger partial charge is 0.405 e. The van der Waals surface area contributed by atoms with Gasteiger partial charge in [0.2, 0.25) is 27.7 Å². The Balaban J connectivity index is 1.33. The third-order valence-corrected chi connectivity index (χ3v) is 11.8. The highest BCUT2D eigenvalue weighted by molar-refractivity contribution is 7.91. The molecule has 2 aliphatic heterocycles. The number of carboxylic acid groups (broad SMARTS) is 1. The van der Waals surface area contributed by atoms with Gasteiger partial charge in [0.1, 0.15) is 35.8 Å². The van der Waals surface area contributed by atoms with Gasteiger partial charge >= 0.3 is 6.09 Å². The number of carbonyl (C=O) groups is 4. The highest BCUT2D eigenvalue weighted by Crippen LogP contribution is 2.46. The molecule has 2 saturated carbocycles. The fourth-order valence-electron chi connectivity index (χ4n) is 7.02. The number of aromatic nitrogens is 2. The first kappa shape index (κ1) is 34.4. The first-order chi connectivity index (χ1) is 23.3. The Labute approximate surface area is 284 Å². The second kappa shape index (κ2) is 13.4. The van der Waals surface area contributed by atoms with Crippen molar-refractivity contribution in [3.63, 3.8) is 0 Å². The number of sulfonamides is 1. The van der Waals surface area contributed by atoms with Crippen LogP contribution in [-0.4, -0.2) is 94.8 Å². The summed E-state index contributed by atoms with van der Waals surface area (Å²) in [6.07, 6.45) is 6.03. The van der Waals surface area contributed by atoms with Crippen molar-refractivity contribution < 1.29 is 42.2 Å². The zero-order valence-electron chi connectivity index (χ0n) is 27.6. The minimum absolute atomic E-state index is 0.00236. The summed E-state index contributed by atoms with van der Waals surface area (Å²) in [5, 5.41) is 14.9. The zero-order chi connectivity index (χ0) is 35.1. The van der Waals surface area contributed by atoms with Gasteiger partial charge in [-0.1, -0.05) is 26.0 Å². The molecular weight excluding hydrogens is 656 g/mol. The van der Waals surface area contributed by atoms with E-state index in [4.69, 9.17) is 9.47 Å². The fraction of sp³-hybridized carbons (Fsp3) is 0.576. The van der Waals surface area contributed by atoms with E-state index in [2.05, 4.69) is 25.3 Å². The molecule has 4 N–H and O–H groups in total. The van der Waals surface area contributed by atoms with Crippen molar-refractivity contribution >= 4 is 44.7 Å². The summed E-state index contributed by atoms with van der Waals surface area (Å²) in [6, 6.07) is 2.88. The van der Waals surface area contributed by atoms with E-state index >= 15 is 0 Å². The molecule has 0 bridgehead atoms. The Kier molecular flexibility index (Phi) is 9.44. The molecule has 4 aliphatic rings. The summed E-state index contributed by atoms with van der Waals surface area (Å²) < 4.78 is 39.3. The van der Waals surface area contributed by atoms with Gasteiger partial charge in [0.05, 0.1) is 29.8 Å². The lowest BCUT2D eigenvalue weighted by molar-refractivity contribution is -0.142. The van der Waals surface area contributed by atoms with Gasteiger partial charge < -0.3 is 30.1 Å². The van der Waals surface area contributed by atoms with Crippen LogP contribution in [0.3, 0.4) is 0 Å². The standard InChI is InChI=1S/C33H42N6O9S/c1-18-6-4-5-7-20-15-33(20,31(42)38-49(45,46)23-9-10-23)37-28(40)26-14-22(16-39(26)30(41)27(19(2)12-18)36-32(43)44)48-29-24-11-8-21(47-3)13-25(24)34-17-35-29/h5,7-8,11,13,17-20,22-23,26-27,36H,4,6,9-10,12,14-16H2,1-3H3,(H,37,40)(H,38,42)(H,43,44)/t18-,19-,20-,22-,26+,27+,33-/m1/s1. The van der Waals surface area contributed by atoms with Gasteiger partial charge in [-0.05, 0) is 62.5 Å². The fourth-order valence-corrected chi connectivity index (χ4v) is 8.39. The molecule has 3 fully saturated rings. The number of rotatable bonds is 7. The van der Waals surface area contributed by atoms with Crippen LogP contribution in [0.1, 0.15) is 58.8 Å². The summed E-state index contributed by atoms with van der Waals surface area (Å²) in [5.41, 5.74) is -0.968. The van der Waals surface area contributed by atoms with Crippen LogP contribution in [0.15, 0.2) is 36.7 Å². The molecule has 1 aromatic heterocycles. The summed E-state index contributed by atoms with van der Waals surface area (Å²) in [4.78, 5) is 63.9. The largest absolute Gasteiger partial charge is 0.497 e. The van der Waals surface area contributed by atoms with Crippen LogP contribution in [0, 0.1) is 17.8 Å². The summed E-state index contributed by atoms with van der Waals surface area (Å²) >= 11 is 0. The lowest BCUT2D eigenvalue weighted by Crippen LogP contribution is -2.59. The summed E-state index contributed by atoms with van der Waals surface area (Å²) in [5.74, 6) is -2.00. The molecule has 49 heavy (non-hydrogen) atoms. The zero-order valence-corrected chi connectivity index (χ0v) is 28.4. The van der Waals surface area contributed by atoms with Crippen molar-refractivity contribution in [2.24, 2.45) is 17.8 Å². The minimum atomic E-state index is -3.90. The Morgan fingerprint density at radius 3 is 2.61 bits per heavy atom. The van der Waals surface area contributed by atoms with E-state index in [9.17, 15) is 32.7 Å². The average molecular weight is 699 g/mol. The normalized spacial score (nSPS) is 30.6. The van der Waals surface area contributed by atoms with Gasteiger partial charge in [-0.3, -0.25) is 19.1 Å². The van der Waals surface area contributed by atoms with Gasteiger partial charge in [-0.25, -0.2) is 23.2 Å². The van der Waals surface area contributed by atoms with Gasteiger partial charge in [0.15, 0.2) is 0 Å². The molecule has 264 valence electrons. The highest BCUT2D eigenvalue weighted by Gasteiger charge is 2.62. The Hall–Kier alpha value is -4.47. The van der Waals surface area contributed by atoms with Crippen molar-refractivity contribution in [2.75, 3.05) is 13.7 Å². The van der Waals surface area contributed by atoms with E-state index in [0.717, 1.165) is 6.42 Å². The molecule has 4 amide bonds. The molecule has 0 radical (unpaired) electrons. The second-order valence-electron chi connectivity index (χ2n) is 13.7. The second-order valence-corrected chi connectivity index (χ2v) is 15.7. The Morgan fingerprint density at radius 2 is 1.90 bits per heavy atom. The lowest BCUT2D eigenvalue weighted by atomic mass is 9.88. The maximum absolute atomic E-state index is 14.3. The molecule has 1 saturated heterocycles. The van der Waals surface area contributed by atoms with Crippen LogP contribution in [0.25, 0.3) is 10.9 Å². The molecule has 15 nitrogen and oxygen atoms in total. The number of carbonyl (C=O) groups excluding carboxylic acids is 3. The van der Waals surface area contributed by atoms with Crippen LogP contribution >= 0.6 is 0 Å². The molecule has 3 heterocycles.